The summed E-state index contributed by atoms with van der Waals surface area (Å²) in [7, 11) is 1.64. The Kier molecular flexibility index (Phi) is 3.61. The fourth-order valence-electron chi connectivity index (χ4n) is 3.07. The van der Waals surface area contributed by atoms with Crippen LogP contribution in [-0.2, 0) is 7.05 Å². The number of thiazole rings is 1. The molecule has 24 heavy (non-hydrogen) atoms. The molecular formula is C16H16N4O3S. The smallest absolute Gasteiger partial charge is 0.408 e. The van der Waals surface area contributed by atoms with Crippen molar-refractivity contribution in [2.45, 2.75) is 18.9 Å². The number of likely N-dealkylation sites (tertiary alicyclic amines) is 1. The third-order valence-corrected chi connectivity index (χ3v) is 5.17. The molecule has 0 radical (unpaired) electrons. The molecule has 0 saturated carbocycles. The van der Waals surface area contributed by atoms with E-state index in [9.17, 15) is 9.59 Å². The average Bonchev–Trinajstić information content (AvgIpc) is 3.29. The van der Waals surface area contributed by atoms with Gasteiger partial charge in [-0.3, -0.25) is 4.57 Å². The Hall–Kier alpha value is -2.61. The lowest BCUT2D eigenvalue weighted by molar-refractivity contribution is 0.207. The Morgan fingerprint density at radius 2 is 2.33 bits per heavy atom. The zero-order chi connectivity index (χ0) is 16.7. The Morgan fingerprint density at radius 1 is 1.46 bits per heavy atom. The quantitative estimate of drug-likeness (QED) is 0.775. The van der Waals surface area contributed by atoms with Crippen LogP contribution in [0.5, 0.6) is 0 Å². The number of carbonyl (C=O) groups is 1. The summed E-state index contributed by atoms with van der Waals surface area (Å²) in [5.41, 5.74) is 1.78. The van der Waals surface area contributed by atoms with E-state index in [2.05, 4.69) is 10.3 Å². The van der Waals surface area contributed by atoms with Crippen molar-refractivity contribution in [2.24, 2.45) is 7.05 Å². The number of amides is 2. The predicted molar refractivity (Wildman–Crippen MR) is 91.3 cm³/mol. The van der Waals surface area contributed by atoms with E-state index in [-0.39, 0.29) is 12.1 Å². The maximum absolute atomic E-state index is 12.6. The lowest BCUT2D eigenvalue weighted by Gasteiger charge is -2.23. The van der Waals surface area contributed by atoms with Crippen LogP contribution in [0.3, 0.4) is 0 Å². The largest absolute Gasteiger partial charge is 0.419 e. The molecule has 4 rings (SSSR count). The number of rotatable bonds is 2. The van der Waals surface area contributed by atoms with Gasteiger partial charge in [0, 0.05) is 30.9 Å². The van der Waals surface area contributed by atoms with Crippen LogP contribution in [0.2, 0.25) is 0 Å². The maximum Gasteiger partial charge on any atom is 0.419 e. The second-order valence-corrected chi connectivity index (χ2v) is 6.69. The van der Waals surface area contributed by atoms with Crippen molar-refractivity contribution in [3.05, 3.63) is 45.3 Å². The molecule has 3 heterocycles. The molecule has 124 valence electrons. The highest BCUT2D eigenvalue weighted by Crippen LogP contribution is 2.33. The molecule has 3 aromatic rings. The summed E-state index contributed by atoms with van der Waals surface area (Å²) in [6, 6.07) is 5.05. The van der Waals surface area contributed by atoms with Gasteiger partial charge in [0.15, 0.2) is 5.58 Å². The molecule has 0 bridgehead atoms. The minimum atomic E-state index is -0.420. The number of aryl methyl sites for hydroxylation is 1. The minimum Gasteiger partial charge on any atom is -0.408 e. The van der Waals surface area contributed by atoms with Crippen LogP contribution in [-0.4, -0.2) is 27.0 Å². The molecule has 8 heteroatoms. The highest BCUT2D eigenvalue weighted by molar-refractivity contribution is 7.09. The summed E-state index contributed by atoms with van der Waals surface area (Å²) in [6.45, 7) is 0.711. The number of nitrogens with zero attached hydrogens (tertiary/aromatic N) is 3. The molecule has 1 aliphatic heterocycles. The summed E-state index contributed by atoms with van der Waals surface area (Å²) >= 11 is 1.57. The van der Waals surface area contributed by atoms with Crippen LogP contribution < -0.4 is 11.1 Å². The van der Waals surface area contributed by atoms with E-state index in [1.165, 1.54) is 4.57 Å². The zero-order valence-corrected chi connectivity index (χ0v) is 13.9. The lowest BCUT2D eigenvalue weighted by Crippen LogP contribution is -2.34. The molecular weight excluding hydrogens is 328 g/mol. The van der Waals surface area contributed by atoms with E-state index in [1.807, 2.05) is 10.3 Å². The van der Waals surface area contributed by atoms with Gasteiger partial charge in [0.25, 0.3) is 0 Å². The van der Waals surface area contributed by atoms with Gasteiger partial charge in [-0.25, -0.2) is 14.6 Å². The van der Waals surface area contributed by atoms with Crippen LogP contribution in [0, 0.1) is 0 Å². The van der Waals surface area contributed by atoms with Gasteiger partial charge in [0.1, 0.15) is 5.01 Å². The number of nitrogens with one attached hydrogen (secondary N) is 1. The van der Waals surface area contributed by atoms with Gasteiger partial charge in [-0.1, -0.05) is 0 Å². The molecule has 1 aliphatic rings. The topological polar surface area (TPSA) is 80.4 Å². The number of hydrogen-bond acceptors (Lipinski definition) is 5. The molecule has 0 spiro atoms. The summed E-state index contributed by atoms with van der Waals surface area (Å²) < 4.78 is 6.52. The molecule has 0 aliphatic carbocycles. The number of fused-ring (bicyclic) bond motifs is 1. The van der Waals surface area contributed by atoms with Crippen molar-refractivity contribution < 1.29 is 9.21 Å². The highest BCUT2D eigenvalue weighted by atomic mass is 32.1. The highest BCUT2D eigenvalue weighted by Gasteiger charge is 2.31. The van der Waals surface area contributed by atoms with Crippen LogP contribution in [0.25, 0.3) is 11.1 Å². The van der Waals surface area contributed by atoms with Gasteiger partial charge in [-0.2, -0.15) is 0 Å². The Labute approximate surface area is 141 Å². The van der Waals surface area contributed by atoms with Crippen molar-refractivity contribution in [2.75, 3.05) is 11.9 Å². The number of oxazole rings is 1. The Balaban J connectivity index is 1.57. The predicted octanol–water partition coefficient (Wildman–Crippen LogP) is 2.96. The summed E-state index contributed by atoms with van der Waals surface area (Å²) in [6.07, 6.45) is 3.66. The van der Waals surface area contributed by atoms with E-state index >= 15 is 0 Å². The first kappa shape index (κ1) is 14.9. The van der Waals surface area contributed by atoms with E-state index in [4.69, 9.17) is 4.42 Å². The minimum absolute atomic E-state index is 0.0343. The van der Waals surface area contributed by atoms with Crippen LogP contribution in [0.4, 0.5) is 10.5 Å². The van der Waals surface area contributed by atoms with Crippen LogP contribution in [0.15, 0.2) is 39.0 Å². The third-order valence-electron chi connectivity index (χ3n) is 4.29. The molecule has 1 aromatic carbocycles. The second-order valence-electron chi connectivity index (χ2n) is 5.76. The van der Waals surface area contributed by atoms with E-state index < -0.39 is 5.76 Å². The number of anilines is 1. The number of benzene rings is 1. The number of carbonyl (C=O) groups excluding carboxylic acids is 1. The first-order valence-corrected chi connectivity index (χ1v) is 8.58. The summed E-state index contributed by atoms with van der Waals surface area (Å²) in [5.74, 6) is -0.420. The lowest BCUT2D eigenvalue weighted by atomic mass is 10.2. The SMILES string of the molecule is Cn1c(=O)oc2ccc(NC(=O)N3CCCC3c3nccs3)cc21. The van der Waals surface area contributed by atoms with Crippen molar-refractivity contribution in [1.29, 1.82) is 0 Å². The van der Waals surface area contributed by atoms with Gasteiger partial charge in [-0.05, 0) is 31.0 Å². The van der Waals surface area contributed by atoms with Crippen molar-refractivity contribution in [3.63, 3.8) is 0 Å². The first-order valence-electron chi connectivity index (χ1n) is 7.70. The number of urea groups is 1. The fourth-order valence-corrected chi connectivity index (χ4v) is 3.85. The average molecular weight is 344 g/mol. The second kappa shape index (κ2) is 5.79. The summed E-state index contributed by atoms with van der Waals surface area (Å²) in [5, 5.41) is 5.81. The summed E-state index contributed by atoms with van der Waals surface area (Å²) in [4.78, 5) is 30.4. The maximum atomic E-state index is 12.6. The number of hydrogen-bond donors (Lipinski definition) is 1. The normalized spacial score (nSPS) is 17.5. The third kappa shape index (κ3) is 2.48. The Morgan fingerprint density at radius 3 is 3.12 bits per heavy atom. The van der Waals surface area contributed by atoms with Crippen molar-refractivity contribution >= 4 is 34.2 Å². The van der Waals surface area contributed by atoms with Gasteiger partial charge in [0.05, 0.1) is 11.6 Å². The molecule has 1 atom stereocenters. The number of aromatic nitrogens is 2. The van der Waals surface area contributed by atoms with Crippen LogP contribution >= 0.6 is 11.3 Å². The monoisotopic (exact) mass is 344 g/mol. The van der Waals surface area contributed by atoms with Gasteiger partial charge in [-0.15, -0.1) is 11.3 Å². The molecule has 1 saturated heterocycles. The van der Waals surface area contributed by atoms with Gasteiger partial charge in [0.2, 0.25) is 0 Å². The van der Waals surface area contributed by atoms with E-state index in [0.717, 1.165) is 17.8 Å². The zero-order valence-electron chi connectivity index (χ0n) is 13.1. The molecule has 1 fully saturated rings. The molecule has 2 aromatic heterocycles. The molecule has 2 amide bonds. The van der Waals surface area contributed by atoms with Gasteiger partial charge >= 0.3 is 11.8 Å². The molecule has 1 N–H and O–H groups in total. The van der Waals surface area contributed by atoms with E-state index in [1.54, 1.807) is 42.8 Å². The van der Waals surface area contributed by atoms with E-state index in [0.29, 0.717) is 23.3 Å². The van der Waals surface area contributed by atoms with Crippen molar-refractivity contribution in [1.82, 2.24) is 14.5 Å². The standard InChI is InChI=1S/C16H16N4O3S/c1-19-12-9-10(4-5-13(12)23-16(19)22)18-15(21)20-7-2-3-11(20)14-17-6-8-24-14/h4-6,8-9,11H,2-3,7H2,1H3,(H,18,21). The van der Waals surface area contributed by atoms with Crippen LogP contribution in [0.1, 0.15) is 23.9 Å². The molecule has 7 nitrogen and oxygen atoms in total. The Bertz CT molecular complexity index is 944. The van der Waals surface area contributed by atoms with Crippen molar-refractivity contribution in [3.8, 4) is 0 Å². The first-order chi connectivity index (χ1) is 11.6. The molecule has 1 unspecified atom stereocenters. The van der Waals surface area contributed by atoms with Gasteiger partial charge < -0.3 is 14.6 Å². The fraction of sp³-hybridized carbons (Fsp3) is 0.312.